The van der Waals surface area contributed by atoms with Gasteiger partial charge in [-0.25, -0.2) is 0 Å². The van der Waals surface area contributed by atoms with Crippen LogP contribution in [0.1, 0.15) is 39.5 Å². The fourth-order valence-electron chi connectivity index (χ4n) is 3.07. The van der Waals surface area contributed by atoms with E-state index in [2.05, 4.69) is 27.4 Å². The highest BCUT2D eigenvalue weighted by Gasteiger charge is 2.28. The predicted molar refractivity (Wildman–Crippen MR) is 105 cm³/mol. The molecule has 134 valence electrons. The molecule has 0 aromatic rings. The van der Waals surface area contributed by atoms with Crippen LogP contribution in [0.4, 0.5) is 0 Å². The van der Waals surface area contributed by atoms with Crippen LogP contribution in [0, 0.1) is 0 Å². The topological polar surface area (TPSA) is 60.0 Å². The van der Waals surface area contributed by atoms with Gasteiger partial charge in [-0.15, -0.1) is 24.0 Å². The Labute approximate surface area is 157 Å². The molecule has 1 aliphatic carbocycles. The smallest absolute Gasteiger partial charge is 0.222 e. The molecule has 2 rings (SSSR count). The van der Waals surface area contributed by atoms with Crippen LogP contribution < -0.4 is 10.6 Å². The number of hydrogen-bond acceptors (Lipinski definition) is 3. The van der Waals surface area contributed by atoms with E-state index >= 15 is 0 Å². The zero-order chi connectivity index (χ0) is 15.9. The summed E-state index contributed by atoms with van der Waals surface area (Å²) in [4.78, 5) is 20.5. The van der Waals surface area contributed by atoms with Crippen molar-refractivity contribution in [2.24, 2.45) is 4.99 Å². The van der Waals surface area contributed by atoms with Gasteiger partial charge in [-0.05, 0) is 25.8 Å². The maximum Gasteiger partial charge on any atom is 0.222 e. The molecule has 2 N–H and O–H groups in total. The van der Waals surface area contributed by atoms with Crippen molar-refractivity contribution >= 4 is 35.8 Å². The monoisotopic (exact) mass is 437 g/mol. The van der Waals surface area contributed by atoms with E-state index in [1.807, 2.05) is 11.8 Å². The number of likely N-dealkylation sites (tertiary alicyclic amines) is 1. The third-order valence-corrected chi connectivity index (χ3v) is 4.57. The number of carbonyl (C=O) groups excluding carboxylic acids is 1. The number of hydrogen-bond donors (Lipinski definition) is 2. The second-order valence-electron chi connectivity index (χ2n) is 6.18. The van der Waals surface area contributed by atoms with Gasteiger partial charge in [-0.2, -0.15) is 0 Å². The molecule has 7 heteroatoms. The van der Waals surface area contributed by atoms with Crippen LogP contribution in [0.3, 0.4) is 0 Å². The third-order valence-electron chi connectivity index (χ3n) is 4.57. The minimum atomic E-state index is 0. The minimum absolute atomic E-state index is 0. The lowest BCUT2D eigenvalue weighted by Gasteiger charge is -2.22. The van der Waals surface area contributed by atoms with Crippen molar-refractivity contribution < 1.29 is 4.79 Å². The largest absolute Gasteiger partial charge is 0.355 e. The van der Waals surface area contributed by atoms with Gasteiger partial charge in [0.25, 0.3) is 0 Å². The Balaban J connectivity index is 0.00000264. The fourth-order valence-corrected chi connectivity index (χ4v) is 3.07. The zero-order valence-corrected chi connectivity index (χ0v) is 17.0. The van der Waals surface area contributed by atoms with Crippen molar-refractivity contribution in [3.05, 3.63) is 0 Å². The summed E-state index contributed by atoms with van der Waals surface area (Å²) in [5.41, 5.74) is 0. The van der Waals surface area contributed by atoms with Crippen molar-refractivity contribution in [1.82, 2.24) is 20.4 Å². The van der Waals surface area contributed by atoms with Crippen LogP contribution in [0.15, 0.2) is 4.99 Å². The summed E-state index contributed by atoms with van der Waals surface area (Å²) in [5, 5.41) is 6.83. The SMILES string of the molecule is CCC(=O)N1CCC(NC(=NC)NCCN(CC)C2CC2)C1.I. The first-order chi connectivity index (χ1) is 10.7. The summed E-state index contributed by atoms with van der Waals surface area (Å²) in [7, 11) is 1.80. The van der Waals surface area contributed by atoms with Crippen LogP contribution >= 0.6 is 24.0 Å². The van der Waals surface area contributed by atoms with E-state index in [0.717, 1.165) is 51.1 Å². The number of rotatable bonds is 7. The second kappa shape index (κ2) is 10.3. The lowest BCUT2D eigenvalue weighted by Crippen LogP contribution is -2.47. The first-order valence-electron chi connectivity index (χ1n) is 8.66. The maximum absolute atomic E-state index is 11.7. The van der Waals surface area contributed by atoms with Crippen LogP contribution in [0.5, 0.6) is 0 Å². The van der Waals surface area contributed by atoms with Crippen LogP contribution in [0.25, 0.3) is 0 Å². The van der Waals surface area contributed by atoms with Crippen LogP contribution in [0.2, 0.25) is 0 Å². The Kier molecular flexibility index (Phi) is 9.19. The molecule has 0 bridgehead atoms. The van der Waals surface area contributed by atoms with E-state index in [4.69, 9.17) is 0 Å². The molecule has 0 aromatic carbocycles. The Bertz CT molecular complexity index is 400. The van der Waals surface area contributed by atoms with E-state index in [1.165, 1.54) is 12.8 Å². The van der Waals surface area contributed by atoms with Gasteiger partial charge < -0.3 is 15.5 Å². The molecule has 1 aliphatic heterocycles. The molecule has 1 amide bonds. The molecule has 1 saturated carbocycles. The van der Waals surface area contributed by atoms with Gasteiger partial charge in [-0.1, -0.05) is 13.8 Å². The highest BCUT2D eigenvalue weighted by atomic mass is 127. The summed E-state index contributed by atoms with van der Waals surface area (Å²) in [6.07, 6.45) is 4.29. The number of nitrogens with one attached hydrogen (secondary N) is 2. The highest BCUT2D eigenvalue weighted by Crippen LogP contribution is 2.25. The molecule has 1 saturated heterocycles. The summed E-state index contributed by atoms with van der Waals surface area (Å²) < 4.78 is 0. The quantitative estimate of drug-likeness (QED) is 0.358. The first-order valence-corrected chi connectivity index (χ1v) is 8.66. The maximum atomic E-state index is 11.7. The van der Waals surface area contributed by atoms with Gasteiger partial charge in [-0.3, -0.25) is 14.7 Å². The van der Waals surface area contributed by atoms with E-state index in [0.29, 0.717) is 12.5 Å². The van der Waals surface area contributed by atoms with Crippen LogP contribution in [-0.4, -0.2) is 73.5 Å². The zero-order valence-electron chi connectivity index (χ0n) is 14.7. The van der Waals surface area contributed by atoms with E-state index in [9.17, 15) is 4.79 Å². The Morgan fingerprint density at radius 1 is 1.30 bits per heavy atom. The van der Waals surface area contributed by atoms with Crippen molar-refractivity contribution in [2.75, 3.05) is 39.8 Å². The first kappa shape index (κ1) is 20.5. The normalized spacial score (nSPS) is 21.3. The molecule has 0 radical (unpaired) electrons. The minimum Gasteiger partial charge on any atom is -0.355 e. The van der Waals surface area contributed by atoms with Gasteiger partial charge in [0.2, 0.25) is 5.91 Å². The second-order valence-corrected chi connectivity index (χ2v) is 6.18. The van der Waals surface area contributed by atoms with E-state index in [1.54, 1.807) is 7.05 Å². The van der Waals surface area contributed by atoms with Gasteiger partial charge in [0.15, 0.2) is 5.96 Å². The molecule has 23 heavy (non-hydrogen) atoms. The van der Waals surface area contributed by atoms with Gasteiger partial charge in [0, 0.05) is 51.7 Å². The van der Waals surface area contributed by atoms with Crippen molar-refractivity contribution in [2.45, 2.75) is 51.6 Å². The number of aliphatic imine (C=N–C) groups is 1. The Hall–Kier alpha value is -0.570. The Morgan fingerprint density at radius 3 is 2.61 bits per heavy atom. The van der Waals surface area contributed by atoms with Gasteiger partial charge >= 0.3 is 0 Å². The molecule has 0 aromatic heterocycles. The number of likely N-dealkylation sites (N-methyl/N-ethyl adjacent to an activating group) is 1. The number of guanidine groups is 1. The fraction of sp³-hybridized carbons (Fsp3) is 0.875. The molecular formula is C16H32IN5O. The number of nitrogens with zero attached hydrogens (tertiary/aromatic N) is 3. The molecule has 6 nitrogen and oxygen atoms in total. The number of amides is 1. The molecule has 1 unspecified atom stereocenters. The third kappa shape index (κ3) is 6.45. The highest BCUT2D eigenvalue weighted by molar-refractivity contribution is 14.0. The van der Waals surface area contributed by atoms with E-state index in [-0.39, 0.29) is 29.9 Å². The molecule has 0 spiro atoms. The Morgan fingerprint density at radius 2 is 2.04 bits per heavy atom. The van der Waals surface area contributed by atoms with Gasteiger partial charge in [0.1, 0.15) is 0 Å². The lowest BCUT2D eigenvalue weighted by atomic mass is 10.3. The van der Waals surface area contributed by atoms with Crippen LogP contribution in [-0.2, 0) is 4.79 Å². The lowest BCUT2D eigenvalue weighted by molar-refractivity contribution is -0.129. The standard InChI is InChI=1S/C16H31N5O.HI/c1-4-15(22)21-10-8-13(12-21)19-16(17-3)18-9-11-20(5-2)14-6-7-14;/h13-14H,4-12H2,1-3H3,(H2,17,18,19);1H. The molecular weight excluding hydrogens is 405 g/mol. The van der Waals surface area contributed by atoms with Crippen molar-refractivity contribution in [1.29, 1.82) is 0 Å². The molecule has 2 aliphatic rings. The predicted octanol–water partition coefficient (Wildman–Crippen LogP) is 1.26. The van der Waals surface area contributed by atoms with Crippen molar-refractivity contribution in [3.8, 4) is 0 Å². The van der Waals surface area contributed by atoms with Gasteiger partial charge in [0.05, 0.1) is 0 Å². The number of carbonyl (C=O) groups is 1. The summed E-state index contributed by atoms with van der Waals surface area (Å²) in [6.45, 7) is 8.88. The number of halogens is 1. The average molecular weight is 437 g/mol. The summed E-state index contributed by atoms with van der Waals surface area (Å²) in [5.74, 6) is 1.10. The van der Waals surface area contributed by atoms with E-state index < -0.39 is 0 Å². The molecule has 2 fully saturated rings. The van der Waals surface area contributed by atoms with Crippen molar-refractivity contribution in [3.63, 3.8) is 0 Å². The summed E-state index contributed by atoms with van der Waals surface area (Å²) in [6, 6.07) is 1.12. The molecule has 1 heterocycles. The molecule has 1 atom stereocenters. The average Bonchev–Trinajstić information content (AvgIpc) is 3.28. The summed E-state index contributed by atoms with van der Waals surface area (Å²) >= 11 is 0.